The number of thiophene rings is 1. The van der Waals surface area contributed by atoms with Gasteiger partial charge in [-0.2, -0.15) is 0 Å². The van der Waals surface area contributed by atoms with Gasteiger partial charge in [0.15, 0.2) is 5.58 Å². The van der Waals surface area contributed by atoms with Crippen LogP contribution in [0, 0.1) is 0 Å². The molecule has 4 aromatic rings. The topological polar surface area (TPSA) is 61.3 Å². The molecule has 2 N–H and O–H groups in total. The van der Waals surface area contributed by atoms with Crippen LogP contribution < -0.4 is 10.5 Å². The van der Waals surface area contributed by atoms with Crippen molar-refractivity contribution in [1.82, 2.24) is 4.98 Å². The SMILES string of the molecule is CC(C)(C)c1ccc(OCc2ccc(-c3nc4cc(C(C)(C)C)ccc4o3)s2)c(N)c1. The minimum absolute atomic E-state index is 0.0581. The molecule has 2 heterocycles. The van der Waals surface area contributed by atoms with Crippen LogP contribution in [0.15, 0.2) is 52.9 Å². The third kappa shape index (κ3) is 4.62. The van der Waals surface area contributed by atoms with Crippen LogP contribution in [0.25, 0.3) is 21.9 Å². The maximum atomic E-state index is 6.22. The first-order valence-corrected chi connectivity index (χ1v) is 11.4. The van der Waals surface area contributed by atoms with Crippen LogP contribution >= 0.6 is 11.3 Å². The maximum absolute atomic E-state index is 6.22. The summed E-state index contributed by atoms with van der Waals surface area (Å²) in [6.07, 6.45) is 0. The van der Waals surface area contributed by atoms with Crippen molar-refractivity contribution in [2.75, 3.05) is 5.73 Å². The van der Waals surface area contributed by atoms with E-state index in [4.69, 9.17) is 19.9 Å². The lowest BCUT2D eigenvalue weighted by atomic mass is 9.87. The van der Waals surface area contributed by atoms with Gasteiger partial charge in [0.25, 0.3) is 0 Å². The van der Waals surface area contributed by atoms with Crippen LogP contribution in [0.5, 0.6) is 5.75 Å². The van der Waals surface area contributed by atoms with Gasteiger partial charge in [-0.25, -0.2) is 4.98 Å². The lowest BCUT2D eigenvalue weighted by Crippen LogP contribution is -2.11. The summed E-state index contributed by atoms with van der Waals surface area (Å²) in [6, 6.07) is 16.4. The Morgan fingerprint density at radius 2 is 1.58 bits per heavy atom. The Balaban J connectivity index is 1.50. The van der Waals surface area contributed by atoms with Crippen molar-refractivity contribution in [3.63, 3.8) is 0 Å². The standard InChI is InChI=1S/C26H30N2O2S/c1-25(2,3)16-7-10-21(19(27)13-16)29-15-18-9-12-23(31-18)24-28-20-14-17(26(4,5)6)8-11-22(20)30-24/h7-14H,15,27H2,1-6H3. The Morgan fingerprint density at radius 3 is 2.26 bits per heavy atom. The van der Waals surface area contributed by atoms with E-state index in [2.05, 4.69) is 65.8 Å². The molecule has 0 amide bonds. The van der Waals surface area contributed by atoms with Crippen LogP contribution in [0.3, 0.4) is 0 Å². The fourth-order valence-electron chi connectivity index (χ4n) is 3.37. The molecule has 0 aliphatic heterocycles. The summed E-state index contributed by atoms with van der Waals surface area (Å²) in [7, 11) is 0. The normalized spacial score (nSPS) is 12.5. The third-order valence-corrected chi connectivity index (χ3v) is 6.42. The number of oxazole rings is 1. The molecule has 162 valence electrons. The zero-order valence-corrected chi connectivity index (χ0v) is 19.9. The van der Waals surface area contributed by atoms with Gasteiger partial charge in [0.2, 0.25) is 5.89 Å². The van der Waals surface area contributed by atoms with Crippen LogP contribution in [0.4, 0.5) is 5.69 Å². The lowest BCUT2D eigenvalue weighted by Gasteiger charge is -2.20. The summed E-state index contributed by atoms with van der Waals surface area (Å²) in [6.45, 7) is 13.6. The summed E-state index contributed by atoms with van der Waals surface area (Å²) >= 11 is 1.62. The summed E-state index contributed by atoms with van der Waals surface area (Å²) in [4.78, 5) is 6.80. The van der Waals surface area contributed by atoms with E-state index in [-0.39, 0.29) is 10.8 Å². The highest BCUT2D eigenvalue weighted by atomic mass is 32.1. The van der Waals surface area contributed by atoms with E-state index in [0.29, 0.717) is 23.9 Å². The smallest absolute Gasteiger partial charge is 0.237 e. The first-order valence-electron chi connectivity index (χ1n) is 10.5. The molecule has 0 saturated carbocycles. The molecule has 2 aromatic carbocycles. The minimum atomic E-state index is 0.0581. The highest BCUT2D eigenvalue weighted by Gasteiger charge is 2.18. The van der Waals surface area contributed by atoms with Crippen molar-refractivity contribution in [3.05, 3.63) is 64.5 Å². The second-order valence-electron chi connectivity index (χ2n) is 10.0. The highest BCUT2D eigenvalue weighted by Crippen LogP contribution is 2.34. The molecular formula is C26H30N2O2S. The fourth-order valence-corrected chi connectivity index (χ4v) is 4.21. The van der Waals surface area contributed by atoms with Gasteiger partial charge >= 0.3 is 0 Å². The number of nitrogen functional groups attached to an aromatic ring is 1. The molecule has 0 fully saturated rings. The van der Waals surface area contributed by atoms with Crippen LogP contribution in [-0.2, 0) is 17.4 Å². The Bertz CT molecular complexity index is 1220. The molecule has 4 rings (SSSR count). The zero-order chi connectivity index (χ0) is 22.4. The summed E-state index contributed by atoms with van der Waals surface area (Å²) < 4.78 is 12.0. The quantitative estimate of drug-likeness (QED) is 0.342. The van der Waals surface area contributed by atoms with E-state index < -0.39 is 0 Å². The monoisotopic (exact) mass is 434 g/mol. The average Bonchev–Trinajstić information content (AvgIpc) is 3.31. The van der Waals surface area contributed by atoms with Gasteiger partial charge in [-0.1, -0.05) is 53.7 Å². The number of nitrogens with zero attached hydrogens (tertiary/aromatic N) is 1. The van der Waals surface area contributed by atoms with Gasteiger partial charge in [-0.15, -0.1) is 11.3 Å². The van der Waals surface area contributed by atoms with Gasteiger partial charge in [0, 0.05) is 4.88 Å². The second kappa shape index (κ2) is 7.72. The number of ether oxygens (including phenoxy) is 1. The van der Waals surface area contributed by atoms with Gasteiger partial charge < -0.3 is 14.9 Å². The Kier molecular flexibility index (Phi) is 5.34. The second-order valence-corrected chi connectivity index (χ2v) is 11.2. The molecule has 5 heteroatoms. The van der Waals surface area contributed by atoms with Gasteiger partial charge in [-0.3, -0.25) is 0 Å². The van der Waals surface area contributed by atoms with Crippen molar-refractivity contribution < 1.29 is 9.15 Å². The first-order chi connectivity index (χ1) is 14.5. The van der Waals surface area contributed by atoms with E-state index in [1.807, 2.05) is 24.3 Å². The number of fused-ring (bicyclic) bond motifs is 1. The van der Waals surface area contributed by atoms with Gasteiger partial charge in [0.05, 0.1) is 10.6 Å². The molecule has 31 heavy (non-hydrogen) atoms. The van der Waals surface area contributed by atoms with Crippen LogP contribution in [0.2, 0.25) is 0 Å². The highest BCUT2D eigenvalue weighted by molar-refractivity contribution is 7.15. The number of anilines is 1. The van der Waals surface area contributed by atoms with E-state index in [1.54, 1.807) is 11.3 Å². The number of rotatable bonds is 4. The molecule has 2 aromatic heterocycles. The summed E-state index contributed by atoms with van der Waals surface area (Å²) in [5.41, 5.74) is 11.2. The van der Waals surface area contributed by atoms with Crippen molar-refractivity contribution in [2.45, 2.75) is 59.0 Å². The van der Waals surface area contributed by atoms with E-state index >= 15 is 0 Å². The lowest BCUT2D eigenvalue weighted by molar-refractivity contribution is 0.311. The Labute approximate surface area is 188 Å². The number of aromatic nitrogens is 1. The molecule has 0 aliphatic carbocycles. The van der Waals surface area contributed by atoms with Crippen molar-refractivity contribution in [3.8, 4) is 16.5 Å². The Hall–Kier alpha value is -2.79. The minimum Gasteiger partial charge on any atom is -0.486 e. The molecule has 0 unspecified atom stereocenters. The maximum Gasteiger partial charge on any atom is 0.237 e. The van der Waals surface area contributed by atoms with Crippen molar-refractivity contribution in [2.24, 2.45) is 0 Å². The third-order valence-electron chi connectivity index (χ3n) is 5.37. The Morgan fingerprint density at radius 1 is 0.903 bits per heavy atom. The fraction of sp³-hybridized carbons (Fsp3) is 0.346. The number of hydrogen-bond donors (Lipinski definition) is 1. The van der Waals surface area contributed by atoms with Crippen LogP contribution in [-0.4, -0.2) is 4.98 Å². The van der Waals surface area contributed by atoms with Crippen LogP contribution in [0.1, 0.15) is 57.5 Å². The molecule has 4 nitrogen and oxygen atoms in total. The molecule has 0 saturated heterocycles. The predicted octanol–water partition coefficient (Wildman–Crippen LogP) is 7.31. The number of benzene rings is 2. The molecule has 0 bridgehead atoms. The van der Waals surface area contributed by atoms with E-state index in [9.17, 15) is 0 Å². The number of hydrogen-bond acceptors (Lipinski definition) is 5. The van der Waals surface area contributed by atoms with Crippen molar-refractivity contribution >= 4 is 28.1 Å². The largest absolute Gasteiger partial charge is 0.486 e. The average molecular weight is 435 g/mol. The first kappa shape index (κ1) is 21.4. The van der Waals surface area contributed by atoms with Gasteiger partial charge in [-0.05, 0) is 58.4 Å². The number of nitrogens with two attached hydrogens (primary N) is 1. The molecular weight excluding hydrogens is 404 g/mol. The summed E-state index contributed by atoms with van der Waals surface area (Å²) in [5.74, 6) is 1.35. The van der Waals surface area contributed by atoms with Crippen molar-refractivity contribution in [1.29, 1.82) is 0 Å². The summed E-state index contributed by atoms with van der Waals surface area (Å²) in [5, 5.41) is 0. The molecule has 0 spiro atoms. The van der Waals surface area contributed by atoms with E-state index in [0.717, 1.165) is 20.9 Å². The zero-order valence-electron chi connectivity index (χ0n) is 19.1. The molecule has 0 radical (unpaired) electrons. The van der Waals surface area contributed by atoms with E-state index in [1.165, 1.54) is 11.1 Å². The predicted molar refractivity (Wildman–Crippen MR) is 130 cm³/mol. The molecule has 0 atom stereocenters. The van der Waals surface area contributed by atoms with Gasteiger partial charge in [0.1, 0.15) is 17.9 Å². The molecule has 0 aliphatic rings.